The molecule has 1 amide bonds. The Morgan fingerprint density at radius 1 is 0.732 bits per heavy atom. The Morgan fingerprint density at radius 2 is 1.32 bits per heavy atom. The molecule has 2 aliphatic heterocycles. The van der Waals surface area contributed by atoms with Crippen molar-refractivity contribution in [2.75, 3.05) is 13.2 Å². The van der Waals surface area contributed by atoms with Crippen molar-refractivity contribution in [1.29, 1.82) is 0 Å². The van der Waals surface area contributed by atoms with Crippen molar-refractivity contribution in [2.24, 2.45) is 0 Å². The van der Waals surface area contributed by atoms with E-state index in [0.29, 0.717) is 18.9 Å². The highest BCUT2D eigenvalue weighted by molar-refractivity contribution is 5.66. The molecule has 0 saturated carbocycles. The van der Waals surface area contributed by atoms with E-state index in [0.717, 1.165) is 70.6 Å². The van der Waals surface area contributed by atoms with Gasteiger partial charge in [0.2, 0.25) is 6.41 Å². The number of hydrogen-bond acceptors (Lipinski definition) is 11. The van der Waals surface area contributed by atoms with Crippen molar-refractivity contribution in [3.8, 4) is 0 Å². The fourth-order valence-electron chi connectivity index (χ4n) is 6.68. The van der Waals surface area contributed by atoms with Gasteiger partial charge in [0.25, 0.3) is 0 Å². The Kier molecular flexibility index (Phi) is 31.6. The van der Waals surface area contributed by atoms with Gasteiger partial charge in [-0.3, -0.25) is 9.59 Å². The van der Waals surface area contributed by atoms with E-state index >= 15 is 0 Å². The maximum Gasteiger partial charge on any atom is 0.303 e. The summed E-state index contributed by atoms with van der Waals surface area (Å²) in [5.41, 5.74) is 0. The van der Waals surface area contributed by atoms with E-state index in [9.17, 15) is 40.2 Å². The molecule has 2 fully saturated rings. The normalized spacial score (nSPS) is 25.1. The molecule has 13 heteroatoms. The van der Waals surface area contributed by atoms with Crippen LogP contribution < -0.4 is 5.32 Å². The number of ether oxygens (including phenoxy) is 3. The Morgan fingerprint density at radius 3 is 1.93 bits per heavy atom. The Hall–Kier alpha value is -1.94. The zero-order valence-corrected chi connectivity index (χ0v) is 34.5. The highest BCUT2D eigenvalue weighted by Gasteiger charge is 2.44. The first-order valence-electron chi connectivity index (χ1n) is 21.8. The summed E-state index contributed by atoms with van der Waals surface area (Å²) in [5.74, 6) is -0.696. The number of aliphatic hydroxyl groups is 6. The molecule has 13 nitrogen and oxygen atoms in total. The first-order chi connectivity index (χ1) is 27.1. The Labute approximate surface area is 336 Å². The molecule has 2 rings (SSSR count). The fourth-order valence-corrected chi connectivity index (χ4v) is 6.68. The molecule has 0 bridgehead atoms. The van der Waals surface area contributed by atoms with Gasteiger partial charge >= 0.3 is 5.97 Å². The molecule has 0 aromatic rings. The van der Waals surface area contributed by atoms with E-state index in [1.54, 1.807) is 6.08 Å². The van der Waals surface area contributed by atoms with Gasteiger partial charge in [0, 0.05) is 6.42 Å². The van der Waals surface area contributed by atoms with Crippen molar-refractivity contribution in [2.45, 2.75) is 223 Å². The molecule has 0 aromatic carbocycles. The summed E-state index contributed by atoms with van der Waals surface area (Å²) < 4.78 is 16.3. The molecule has 0 aliphatic carbocycles. The van der Waals surface area contributed by atoms with Crippen LogP contribution in [0.5, 0.6) is 0 Å². The van der Waals surface area contributed by atoms with Crippen LogP contribution in [0.1, 0.15) is 162 Å². The quantitative estimate of drug-likeness (QED) is 0.0173. The number of amides is 1. The molecule has 2 saturated heterocycles. The predicted octanol–water partition coefficient (Wildman–Crippen LogP) is 5.60. The van der Waals surface area contributed by atoms with E-state index in [2.05, 4.69) is 19.2 Å². The summed E-state index contributed by atoms with van der Waals surface area (Å²) in [5, 5.41) is 70.1. The average Bonchev–Trinajstić information content (AvgIpc) is 3.95. The first-order valence-corrected chi connectivity index (χ1v) is 21.8. The van der Waals surface area contributed by atoms with Gasteiger partial charge in [-0.2, -0.15) is 0 Å². The number of nitrogens with one attached hydrogen (secondary N) is 1. The van der Waals surface area contributed by atoms with Crippen molar-refractivity contribution in [3.05, 3.63) is 24.3 Å². The standard InChI is InChI=1S/C25H47NO8.C18H32O4/c1-2-3-4-5-6-7-8-9-10-11-12-13-14-15-20(29)19(26-18-28)17-33-25-24(32)23(31)22(30)21(16-27)34-25;1-2-3-7-10-15(19)13-14-17-16(22-17)11-8-5-4-6-9-12-18(20)21/h14-15,18-25,27,29-32H,2-13,16-17H2,1H3,(H,26,28);13-17,19H,2-12H2,1H3,(H,20,21)/b15-14+;14-13+/t19-,20+,21+,22+,23-,24+,25+;15-,16-,17-/m01/s1. The van der Waals surface area contributed by atoms with Gasteiger partial charge in [0.1, 0.15) is 30.5 Å². The number of carbonyl (C=O) groups is 2. The molecule has 2 heterocycles. The molecule has 8 N–H and O–H groups in total. The van der Waals surface area contributed by atoms with Crippen molar-refractivity contribution < 1.29 is 59.5 Å². The summed E-state index contributed by atoms with van der Waals surface area (Å²) >= 11 is 0. The number of rotatable bonds is 34. The number of hydrogen-bond donors (Lipinski definition) is 8. The van der Waals surface area contributed by atoms with Gasteiger partial charge < -0.3 is 55.3 Å². The van der Waals surface area contributed by atoms with Crippen LogP contribution in [0.2, 0.25) is 0 Å². The summed E-state index contributed by atoms with van der Waals surface area (Å²) in [7, 11) is 0. The van der Waals surface area contributed by atoms with Crippen LogP contribution in [0, 0.1) is 0 Å². The van der Waals surface area contributed by atoms with Gasteiger partial charge in [-0.25, -0.2) is 0 Å². The number of allylic oxidation sites excluding steroid dienone is 1. The molecule has 0 unspecified atom stereocenters. The molecule has 328 valence electrons. The van der Waals surface area contributed by atoms with Crippen molar-refractivity contribution in [1.82, 2.24) is 5.32 Å². The van der Waals surface area contributed by atoms with Gasteiger partial charge in [-0.05, 0) is 32.1 Å². The van der Waals surface area contributed by atoms with Crippen molar-refractivity contribution in [3.63, 3.8) is 0 Å². The third-order valence-corrected chi connectivity index (χ3v) is 10.4. The lowest BCUT2D eigenvalue weighted by Gasteiger charge is -2.40. The number of aliphatic carboxylic acids is 1. The zero-order chi connectivity index (χ0) is 41.4. The minimum absolute atomic E-state index is 0.202. The van der Waals surface area contributed by atoms with Crippen molar-refractivity contribution >= 4 is 12.4 Å². The van der Waals surface area contributed by atoms with Gasteiger partial charge in [0.15, 0.2) is 6.29 Å². The zero-order valence-electron chi connectivity index (χ0n) is 34.5. The second kappa shape index (κ2) is 34.0. The van der Waals surface area contributed by atoms with Crippen LogP contribution >= 0.6 is 0 Å². The van der Waals surface area contributed by atoms with E-state index in [1.165, 1.54) is 70.6 Å². The number of epoxide rings is 1. The van der Waals surface area contributed by atoms with E-state index in [-0.39, 0.29) is 18.8 Å². The largest absolute Gasteiger partial charge is 0.481 e. The lowest BCUT2D eigenvalue weighted by Crippen LogP contribution is -2.59. The predicted molar refractivity (Wildman–Crippen MR) is 217 cm³/mol. The van der Waals surface area contributed by atoms with Crippen LogP contribution in [-0.4, -0.2) is 123 Å². The summed E-state index contributed by atoms with van der Waals surface area (Å²) in [4.78, 5) is 21.3. The maximum absolute atomic E-state index is 10.9. The van der Waals surface area contributed by atoms with E-state index in [4.69, 9.17) is 19.3 Å². The monoisotopic (exact) mass is 802 g/mol. The Bertz CT molecular complexity index is 1010. The average molecular weight is 802 g/mol. The molecule has 0 radical (unpaired) electrons. The number of carbonyl (C=O) groups excluding carboxylic acids is 1. The van der Waals surface area contributed by atoms with Crippen LogP contribution in [0.15, 0.2) is 24.3 Å². The molecular formula is C43H79NO12. The number of carboxylic acid groups (broad SMARTS) is 1. The first kappa shape index (κ1) is 52.1. The fraction of sp³-hybridized carbons (Fsp3) is 0.860. The number of unbranched alkanes of at least 4 members (excludes halogenated alkanes) is 17. The SMILES string of the molecule is CCCCCCCCCCCCC/C=C/[C@@H](O)[C@H](CO[C@@H]1O[C@H](CO)[C@@H](O)[C@H](O)[C@H]1O)NC=O.CCCCC[C@@H](O)/C=C/[C@H]1O[C@@H]1CCCCCCCC(=O)O. The molecule has 2 aliphatic rings. The van der Waals surface area contributed by atoms with Crippen LogP contribution in [-0.2, 0) is 23.8 Å². The second-order valence-electron chi connectivity index (χ2n) is 15.5. The summed E-state index contributed by atoms with van der Waals surface area (Å²) in [6.45, 7) is 3.63. The van der Waals surface area contributed by atoms with Gasteiger partial charge in [-0.1, -0.05) is 147 Å². The second-order valence-corrected chi connectivity index (χ2v) is 15.5. The smallest absolute Gasteiger partial charge is 0.303 e. The van der Waals surface area contributed by atoms with Crippen LogP contribution in [0.3, 0.4) is 0 Å². The summed E-state index contributed by atoms with van der Waals surface area (Å²) in [6.07, 6.45) is 25.7. The van der Waals surface area contributed by atoms with Crippen LogP contribution in [0.4, 0.5) is 0 Å². The molecular weight excluding hydrogens is 722 g/mol. The minimum Gasteiger partial charge on any atom is -0.481 e. The van der Waals surface area contributed by atoms with Crippen LogP contribution in [0.25, 0.3) is 0 Å². The van der Waals surface area contributed by atoms with E-state index < -0.39 is 55.4 Å². The Balaban J connectivity index is 0.000000614. The van der Waals surface area contributed by atoms with Gasteiger partial charge in [-0.15, -0.1) is 0 Å². The van der Waals surface area contributed by atoms with E-state index in [1.807, 2.05) is 18.2 Å². The lowest BCUT2D eigenvalue weighted by molar-refractivity contribution is -0.302. The molecule has 0 aromatic heterocycles. The number of carboxylic acids is 1. The summed E-state index contributed by atoms with van der Waals surface area (Å²) in [6, 6.07) is -0.793. The maximum atomic E-state index is 10.9. The molecule has 56 heavy (non-hydrogen) atoms. The number of aliphatic hydroxyl groups excluding tert-OH is 6. The molecule has 10 atom stereocenters. The molecule has 0 spiro atoms. The highest BCUT2D eigenvalue weighted by Crippen LogP contribution is 2.29. The topological polar surface area (TPSA) is 219 Å². The minimum atomic E-state index is -1.55. The van der Waals surface area contributed by atoms with Gasteiger partial charge in [0.05, 0.1) is 37.6 Å². The highest BCUT2D eigenvalue weighted by atomic mass is 16.7. The third kappa shape index (κ3) is 25.4. The lowest BCUT2D eigenvalue weighted by atomic mass is 9.99. The third-order valence-electron chi connectivity index (χ3n) is 10.4.